The zero-order chi connectivity index (χ0) is 15.3. The molecule has 4 heterocycles. The number of nitrogens with one attached hydrogen (secondary N) is 1. The predicted molar refractivity (Wildman–Crippen MR) is 82.8 cm³/mol. The summed E-state index contributed by atoms with van der Waals surface area (Å²) in [6.45, 7) is 0. The average Bonchev–Trinajstić information content (AvgIpc) is 3.21. The standard InChI is InChI=1S/C14H16N8/c1-20-6-3-10(19-20)9-7-11-12(15)18-14(13-16-4-5-17-13)21(2)22(11)8-9/h3-8,14H,1-2H3,(H2,15,18)(H,16,17). The minimum absolute atomic E-state index is 0.272. The van der Waals surface area contributed by atoms with E-state index in [9.17, 15) is 0 Å². The lowest BCUT2D eigenvalue weighted by Gasteiger charge is -2.32. The number of rotatable bonds is 2. The maximum Gasteiger partial charge on any atom is 0.195 e. The average molecular weight is 296 g/mol. The molecule has 22 heavy (non-hydrogen) atoms. The molecule has 3 aromatic heterocycles. The van der Waals surface area contributed by atoms with Crippen molar-refractivity contribution in [2.24, 2.45) is 17.8 Å². The minimum atomic E-state index is -0.272. The van der Waals surface area contributed by atoms with Crippen LogP contribution in [0.4, 0.5) is 0 Å². The van der Waals surface area contributed by atoms with Gasteiger partial charge in [0, 0.05) is 44.4 Å². The van der Waals surface area contributed by atoms with Gasteiger partial charge in [-0.3, -0.25) is 14.4 Å². The second-order valence-corrected chi connectivity index (χ2v) is 5.27. The first-order chi connectivity index (χ1) is 10.6. The van der Waals surface area contributed by atoms with Crippen LogP contribution in [-0.2, 0) is 7.05 Å². The van der Waals surface area contributed by atoms with E-state index in [0.717, 1.165) is 22.8 Å². The molecule has 0 saturated heterocycles. The van der Waals surface area contributed by atoms with Gasteiger partial charge in [-0.15, -0.1) is 0 Å². The molecular weight excluding hydrogens is 280 g/mol. The van der Waals surface area contributed by atoms with Crippen molar-refractivity contribution >= 4 is 5.84 Å². The highest BCUT2D eigenvalue weighted by Crippen LogP contribution is 2.27. The molecule has 1 unspecified atom stereocenters. The summed E-state index contributed by atoms with van der Waals surface area (Å²) in [7, 11) is 3.85. The van der Waals surface area contributed by atoms with E-state index in [1.54, 1.807) is 17.1 Å². The van der Waals surface area contributed by atoms with Crippen LogP contribution < -0.4 is 10.7 Å². The summed E-state index contributed by atoms with van der Waals surface area (Å²) in [6, 6.07) is 3.97. The highest BCUT2D eigenvalue weighted by Gasteiger charge is 2.27. The molecule has 0 fully saturated rings. The summed E-state index contributed by atoms with van der Waals surface area (Å²) in [4.78, 5) is 11.9. The number of aromatic amines is 1. The Hall–Kier alpha value is -3.03. The van der Waals surface area contributed by atoms with Gasteiger partial charge in [-0.05, 0) is 12.1 Å². The fourth-order valence-electron chi connectivity index (χ4n) is 2.67. The zero-order valence-electron chi connectivity index (χ0n) is 12.3. The summed E-state index contributed by atoms with van der Waals surface area (Å²) in [5, 5.41) is 6.41. The molecular formula is C14H16N8. The summed E-state index contributed by atoms with van der Waals surface area (Å²) in [6.07, 6.45) is 7.14. The van der Waals surface area contributed by atoms with E-state index < -0.39 is 0 Å². The van der Waals surface area contributed by atoms with Crippen molar-refractivity contribution in [2.45, 2.75) is 6.17 Å². The van der Waals surface area contributed by atoms with E-state index in [-0.39, 0.29) is 6.17 Å². The summed E-state index contributed by atoms with van der Waals surface area (Å²) < 4.78 is 3.76. The highest BCUT2D eigenvalue weighted by molar-refractivity contribution is 5.98. The molecule has 0 amide bonds. The lowest BCUT2D eigenvalue weighted by Crippen LogP contribution is -2.41. The number of hydrogen-bond acceptors (Lipinski definition) is 5. The summed E-state index contributed by atoms with van der Waals surface area (Å²) >= 11 is 0. The van der Waals surface area contributed by atoms with Crippen molar-refractivity contribution in [2.75, 3.05) is 12.1 Å². The van der Waals surface area contributed by atoms with Gasteiger partial charge in [-0.1, -0.05) is 0 Å². The number of H-pyrrole nitrogens is 1. The number of nitrogens with two attached hydrogens (primary N) is 1. The van der Waals surface area contributed by atoms with Crippen LogP contribution >= 0.6 is 0 Å². The number of fused-ring (bicyclic) bond motifs is 1. The third-order valence-corrected chi connectivity index (χ3v) is 3.79. The van der Waals surface area contributed by atoms with Gasteiger partial charge in [-0.25, -0.2) is 9.98 Å². The van der Waals surface area contributed by atoms with Crippen molar-refractivity contribution in [3.63, 3.8) is 0 Å². The lowest BCUT2D eigenvalue weighted by atomic mass is 10.2. The van der Waals surface area contributed by atoms with Crippen LogP contribution in [0.15, 0.2) is 41.9 Å². The Kier molecular flexibility index (Phi) is 2.59. The fraction of sp³-hybridized carbons (Fsp3) is 0.214. The number of aromatic nitrogens is 5. The van der Waals surface area contributed by atoms with Crippen LogP contribution in [0.3, 0.4) is 0 Å². The van der Waals surface area contributed by atoms with Gasteiger partial charge < -0.3 is 10.7 Å². The van der Waals surface area contributed by atoms with E-state index in [2.05, 4.69) is 20.1 Å². The molecule has 112 valence electrons. The molecule has 0 bridgehead atoms. The normalized spacial score (nSPS) is 17.5. The van der Waals surface area contributed by atoms with Crippen molar-refractivity contribution in [1.29, 1.82) is 0 Å². The largest absolute Gasteiger partial charge is 0.382 e. The van der Waals surface area contributed by atoms with E-state index in [1.807, 2.05) is 48.3 Å². The number of nitrogens with zero attached hydrogens (tertiary/aromatic N) is 6. The van der Waals surface area contributed by atoms with Gasteiger partial charge in [0.2, 0.25) is 0 Å². The Morgan fingerprint density at radius 2 is 2.18 bits per heavy atom. The molecule has 0 radical (unpaired) electrons. The van der Waals surface area contributed by atoms with Gasteiger partial charge in [0.1, 0.15) is 11.5 Å². The smallest absolute Gasteiger partial charge is 0.195 e. The van der Waals surface area contributed by atoms with Gasteiger partial charge in [0.25, 0.3) is 0 Å². The Morgan fingerprint density at radius 3 is 2.86 bits per heavy atom. The summed E-state index contributed by atoms with van der Waals surface area (Å²) in [5.74, 6) is 1.24. The molecule has 0 saturated carbocycles. The number of imidazole rings is 1. The monoisotopic (exact) mass is 296 g/mol. The first-order valence-corrected chi connectivity index (χ1v) is 6.92. The highest BCUT2D eigenvalue weighted by atomic mass is 15.6. The molecule has 3 aromatic rings. The van der Waals surface area contributed by atoms with Crippen molar-refractivity contribution in [1.82, 2.24) is 24.4 Å². The van der Waals surface area contributed by atoms with Gasteiger partial charge >= 0.3 is 0 Å². The van der Waals surface area contributed by atoms with Crippen LogP contribution in [0.2, 0.25) is 0 Å². The molecule has 1 atom stereocenters. The molecule has 3 N–H and O–H groups in total. The van der Waals surface area contributed by atoms with Crippen LogP contribution in [0.1, 0.15) is 17.7 Å². The van der Waals surface area contributed by atoms with Gasteiger partial charge in [0.15, 0.2) is 12.0 Å². The Morgan fingerprint density at radius 1 is 1.32 bits per heavy atom. The topological polar surface area (TPSA) is 93.0 Å². The van der Waals surface area contributed by atoms with E-state index in [0.29, 0.717) is 5.84 Å². The number of aryl methyl sites for hydroxylation is 1. The molecule has 1 aliphatic heterocycles. The van der Waals surface area contributed by atoms with E-state index in [1.165, 1.54) is 0 Å². The Bertz CT molecular complexity index is 838. The van der Waals surface area contributed by atoms with Crippen molar-refractivity contribution < 1.29 is 0 Å². The first-order valence-electron chi connectivity index (χ1n) is 6.92. The molecule has 8 nitrogen and oxygen atoms in total. The second-order valence-electron chi connectivity index (χ2n) is 5.27. The van der Waals surface area contributed by atoms with Gasteiger partial charge in [-0.2, -0.15) is 5.10 Å². The number of aliphatic imine (C=N–C) groups is 1. The molecule has 0 aliphatic carbocycles. The van der Waals surface area contributed by atoms with Crippen molar-refractivity contribution in [3.8, 4) is 11.3 Å². The van der Waals surface area contributed by atoms with Gasteiger partial charge in [0.05, 0.1) is 5.69 Å². The predicted octanol–water partition coefficient (Wildman–Crippen LogP) is 0.597. The molecule has 0 spiro atoms. The quantitative estimate of drug-likeness (QED) is 0.724. The summed E-state index contributed by atoms with van der Waals surface area (Å²) in [5.41, 5.74) is 8.89. The van der Waals surface area contributed by atoms with E-state index in [4.69, 9.17) is 5.73 Å². The first kappa shape index (κ1) is 12.7. The molecule has 1 aliphatic rings. The van der Waals surface area contributed by atoms with Crippen molar-refractivity contribution in [3.05, 3.63) is 48.4 Å². The Balaban J connectivity index is 1.78. The van der Waals surface area contributed by atoms with Crippen LogP contribution in [0, 0.1) is 0 Å². The van der Waals surface area contributed by atoms with Crippen LogP contribution in [0.5, 0.6) is 0 Å². The lowest BCUT2D eigenvalue weighted by molar-refractivity contribution is 0.510. The van der Waals surface area contributed by atoms with E-state index >= 15 is 0 Å². The fourth-order valence-corrected chi connectivity index (χ4v) is 2.67. The second kappa shape index (κ2) is 4.48. The maximum absolute atomic E-state index is 6.14. The Labute approximate surface area is 126 Å². The molecule has 8 heteroatoms. The molecule has 0 aromatic carbocycles. The number of hydrogen-bond donors (Lipinski definition) is 2. The third kappa shape index (κ3) is 1.80. The van der Waals surface area contributed by atoms with Crippen LogP contribution in [0.25, 0.3) is 11.3 Å². The third-order valence-electron chi connectivity index (χ3n) is 3.79. The zero-order valence-corrected chi connectivity index (χ0v) is 12.3. The maximum atomic E-state index is 6.14. The number of amidine groups is 1. The minimum Gasteiger partial charge on any atom is -0.382 e. The van der Waals surface area contributed by atoms with Crippen LogP contribution in [-0.4, -0.2) is 37.3 Å². The molecule has 4 rings (SSSR count). The SMILES string of the molecule is CN1C(c2ncc[nH]2)N=C(N)c2cc(-c3ccn(C)n3)cn21.